The number of phosphoric ester groups is 2. The van der Waals surface area contributed by atoms with Gasteiger partial charge in [-0.15, -0.1) is 0 Å². The van der Waals surface area contributed by atoms with Gasteiger partial charge in [-0.05, 0) is 25.7 Å². The van der Waals surface area contributed by atoms with E-state index in [2.05, 4.69) is 27.7 Å². The van der Waals surface area contributed by atoms with Crippen LogP contribution in [0.2, 0.25) is 0 Å². The molecule has 0 aliphatic carbocycles. The predicted molar refractivity (Wildman–Crippen MR) is 428 cm³/mol. The Hall–Kier alpha value is -1.94. The van der Waals surface area contributed by atoms with Crippen molar-refractivity contribution in [1.82, 2.24) is 0 Å². The molecule has 19 heteroatoms. The van der Waals surface area contributed by atoms with Crippen LogP contribution in [0.5, 0.6) is 0 Å². The average molecular weight is 1520 g/mol. The van der Waals surface area contributed by atoms with Crippen molar-refractivity contribution in [3.8, 4) is 0 Å². The molecule has 0 heterocycles. The Labute approximate surface area is 638 Å². The third-order valence-electron chi connectivity index (χ3n) is 20.1. The van der Waals surface area contributed by atoms with Gasteiger partial charge in [0, 0.05) is 25.7 Å². The maximum Gasteiger partial charge on any atom is 0.472 e. The molecule has 0 aliphatic heterocycles. The third-order valence-corrected chi connectivity index (χ3v) is 22.0. The van der Waals surface area contributed by atoms with E-state index in [-0.39, 0.29) is 25.7 Å². The van der Waals surface area contributed by atoms with Gasteiger partial charge in [-0.1, -0.05) is 413 Å². The lowest BCUT2D eigenvalue weighted by atomic mass is 10.0. The SMILES string of the molecule is CCCCCCCCCCCCCCCCCCCCCCCC(=O)O[C@H](COC(=O)CCCCCCCCCCCCCCCCC)COP(=O)(O)OC[C@@H](O)COP(=O)(O)OC[C@@H](COC(=O)CCCCCCCCCCCCCCC)OC(=O)CCCCCCCCCCCCCCCCC. The van der Waals surface area contributed by atoms with Crippen LogP contribution in [0.25, 0.3) is 0 Å². The Bertz CT molecular complexity index is 1960. The Balaban J connectivity index is 5.24. The number of carbonyl (C=O) groups is 4. The molecule has 5 atom stereocenters. The van der Waals surface area contributed by atoms with Gasteiger partial charge in [-0.3, -0.25) is 37.3 Å². The summed E-state index contributed by atoms with van der Waals surface area (Å²) in [6.07, 6.45) is 73.5. The second kappa shape index (κ2) is 79.2. The smallest absolute Gasteiger partial charge is 0.462 e. The zero-order valence-corrected chi connectivity index (χ0v) is 69.8. The van der Waals surface area contributed by atoms with Crippen molar-refractivity contribution >= 4 is 39.5 Å². The number of carbonyl (C=O) groups excluding carboxylic acids is 4. The molecule has 0 aromatic carbocycles. The quantitative estimate of drug-likeness (QED) is 0.0222. The summed E-state index contributed by atoms with van der Waals surface area (Å²) in [5.74, 6) is -2.10. The van der Waals surface area contributed by atoms with E-state index in [1.165, 1.54) is 295 Å². The molecular weight excluding hydrogens is 1350 g/mol. The first-order valence-electron chi connectivity index (χ1n) is 44.3. The lowest BCUT2D eigenvalue weighted by molar-refractivity contribution is -0.161. The van der Waals surface area contributed by atoms with Crippen molar-refractivity contribution < 1.29 is 80.2 Å². The molecule has 0 aromatic heterocycles. The van der Waals surface area contributed by atoms with Gasteiger partial charge in [0.15, 0.2) is 12.2 Å². The number of hydrogen-bond acceptors (Lipinski definition) is 15. The van der Waals surface area contributed by atoms with Crippen molar-refractivity contribution in [2.45, 2.75) is 483 Å². The van der Waals surface area contributed by atoms with Gasteiger partial charge in [-0.25, -0.2) is 9.13 Å². The molecule has 17 nitrogen and oxygen atoms in total. The standard InChI is InChI=1S/C85H166O17P2/c1-5-9-13-17-21-25-29-33-36-37-38-39-40-41-44-48-52-56-60-64-68-72-85(90)102-81(76-96-83(88)70-66-62-58-54-50-46-42-34-30-26-22-18-14-10-6-2)78-100-104(93,94)98-74-79(86)73-97-103(91,92)99-77-80(75-95-82(87)69-65-61-57-53-49-45-32-28-24-20-16-12-8-4)101-84(89)71-67-63-59-55-51-47-43-35-31-27-23-19-15-11-7-3/h79-81,86H,5-78H2,1-4H3,(H,91,92)(H,93,94)/t79-,80+,81+/m0/s1. The lowest BCUT2D eigenvalue weighted by Gasteiger charge is -2.21. The molecule has 0 spiro atoms. The highest BCUT2D eigenvalue weighted by atomic mass is 31.2. The predicted octanol–water partition coefficient (Wildman–Crippen LogP) is 26.1. The fourth-order valence-corrected chi connectivity index (χ4v) is 14.9. The number of aliphatic hydroxyl groups excluding tert-OH is 1. The third kappa shape index (κ3) is 78.2. The summed E-state index contributed by atoms with van der Waals surface area (Å²) in [4.78, 5) is 73.2. The minimum atomic E-state index is -4.96. The first-order valence-corrected chi connectivity index (χ1v) is 47.3. The summed E-state index contributed by atoms with van der Waals surface area (Å²) in [7, 11) is -9.92. The van der Waals surface area contributed by atoms with E-state index in [1.807, 2.05) is 0 Å². The molecule has 0 amide bonds. The van der Waals surface area contributed by atoms with Crippen molar-refractivity contribution in [2.75, 3.05) is 39.6 Å². The monoisotopic (exact) mass is 1520 g/mol. The summed E-state index contributed by atoms with van der Waals surface area (Å²) in [6.45, 7) is 5.06. The number of unbranched alkanes of at least 4 members (excludes halogenated alkanes) is 60. The van der Waals surface area contributed by atoms with E-state index >= 15 is 0 Å². The normalized spacial score (nSPS) is 13.7. The zero-order valence-electron chi connectivity index (χ0n) is 68.0. The van der Waals surface area contributed by atoms with Crippen molar-refractivity contribution in [3.63, 3.8) is 0 Å². The molecule has 104 heavy (non-hydrogen) atoms. The molecule has 0 bridgehead atoms. The molecular formula is C85H166O17P2. The maximum atomic E-state index is 13.1. The summed E-state index contributed by atoms with van der Waals surface area (Å²) in [5.41, 5.74) is 0. The fourth-order valence-electron chi connectivity index (χ4n) is 13.3. The second-order valence-electron chi connectivity index (χ2n) is 30.6. The van der Waals surface area contributed by atoms with Crippen LogP contribution in [0.1, 0.15) is 464 Å². The number of ether oxygens (including phenoxy) is 4. The Kier molecular flexibility index (Phi) is 77.7. The summed E-state index contributed by atoms with van der Waals surface area (Å²) in [6, 6.07) is 0. The fraction of sp³-hybridized carbons (Fsp3) is 0.953. The maximum absolute atomic E-state index is 13.1. The summed E-state index contributed by atoms with van der Waals surface area (Å²) in [5, 5.41) is 10.7. The number of phosphoric acid groups is 2. The number of rotatable bonds is 86. The largest absolute Gasteiger partial charge is 0.472 e. The molecule has 0 fully saturated rings. The van der Waals surface area contributed by atoms with Crippen LogP contribution >= 0.6 is 15.6 Å². The van der Waals surface area contributed by atoms with Gasteiger partial charge in [0.05, 0.1) is 26.4 Å². The van der Waals surface area contributed by atoms with E-state index in [0.29, 0.717) is 25.7 Å². The van der Waals surface area contributed by atoms with Crippen molar-refractivity contribution in [1.29, 1.82) is 0 Å². The highest BCUT2D eigenvalue weighted by Gasteiger charge is 2.30. The van der Waals surface area contributed by atoms with Gasteiger partial charge in [-0.2, -0.15) is 0 Å². The summed E-state index contributed by atoms with van der Waals surface area (Å²) < 4.78 is 68.9. The van der Waals surface area contributed by atoms with E-state index in [0.717, 1.165) is 89.9 Å². The van der Waals surface area contributed by atoms with Gasteiger partial charge < -0.3 is 33.8 Å². The molecule has 618 valence electrons. The van der Waals surface area contributed by atoms with E-state index in [4.69, 9.17) is 37.0 Å². The first kappa shape index (κ1) is 102. The number of esters is 4. The molecule has 0 rings (SSSR count). The van der Waals surface area contributed by atoms with E-state index < -0.39 is 97.5 Å². The van der Waals surface area contributed by atoms with Gasteiger partial charge >= 0.3 is 39.5 Å². The average Bonchev–Trinajstić information content (AvgIpc) is 0.910. The molecule has 0 saturated carbocycles. The lowest BCUT2D eigenvalue weighted by Crippen LogP contribution is -2.30. The highest BCUT2D eigenvalue weighted by Crippen LogP contribution is 2.45. The van der Waals surface area contributed by atoms with Crippen LogP contribution in [0.15, 0.2) is 0 Å². The van der Waals surface area contributed by atoms with Crippen molar-refractivity contribution in [3.05, 3.63) is 0 Å². The Morgan fingerprint density at radius 2 is 0.385 bits per heavy atom. The van der Waals surface area contributed by atoms with Crippen LogP contribution in [0.3, 0.4) is 0 Å². The molecule has 2 unspecified atom stereocenters. The minimum absolute atomic E-state index is 0.109. The van der Waals surface area contributed by atoms with Crippen LogP contribution < -0.4 is 0 Å². The molecule has 3 N–H and O–H groups in total. The Morgan fingerprint density at radius 1 is 0.231 bits per heavy atom. The zero-order chi connectivity index (χ0) is 76.0. The molecule has 0 radical (unpaired) electrons. The van der Waals surface area contributed by atoms with Crippen LogP contribution in [0, 0.1) is 0 Å². The first-order chi connectivity index (χ1) is 50.7. The summed E-state index contributed by atoms with van der Waals surface area (Å²) >= 11 is 0. The highest BCUT2D eigenvalue weighted by molar-refractivity contribution is 7.47. The van der Waals surface area contributed by atoms with Crippen LogP contribution in [-0.2, 0) is 65.4 Å². The van der Waals surface area contributed by atoms with Gasteiger partial charge in [0.25, 0.3) is 0 Å². The van der Waals surface area contributed by atoms with E-state index in [9.17, 15) is 43.2 Å². The number of hydrogen-bond donors (Lipinski definition) is 3. The molecule has 0 aromatic rings. The topological polar surface area (TPSA) is 237 Å². The number of aliphatic hydroxyl groups is 1. The second-order valence-corrected chi connectivity index (χ2v) is 33.5. The Morgan fingerprint density at radius 3 is 0.567 bits per heavy atom. The van der Waals surface area contributed by atoms with Crippen molar-refractivity contribution in [2.24, 2.45) is 0 Å². The van der Waals surface area contributed by atoms with Gasteiger partial charge in [0.1, 0.15) is 19.3 Å². The van der Waals surface area contributed by atoms with Gasteiger partial charge in [0.2, 0.25) is 0 Å². The molecule has 0 aliphatic rings. The minimum Gasteiger partial charge on any atom is -0.462 e. The van der Waals surface area contributed by atoms with Crippen LogP contribution in [0.4, 0.5) is 0 Å². The van der Waals surface area contributed by atoms with Crippen LogP contribution in [-0.4, -0.2) is 96.7 Å². The molecule has 0 saturated heterocycles. The van der Waals surface area contributed by atoms with E-state index in [1.54, 1.807) is 0 Å².